The molecule has 112 valence electrons. The molecule has 0 aromatic heterocycles. The molecule has 2 rings (SSSR count). The second-order valence-corrected chi connectivity index (χ2v) is 4.80. The summed E-state index contributed by atoms with van der Waals surface area (Å²) in [6.45, 7) is 5.55. The third-order valence-corrected chi connectivity index (χ3v) is 3.24. The van der Waals surface area contributed by atoms with Crippen LogP contribution in [0, 0.1) is 0 Å². The van der Waals surface area contributed by atoms with Gasteiger partial charge in [0.25, 0.3) is 0 Å². The van der Waals surface area contributed by atoms with Crippen molar-refractivity contribution in [3.63, 3.8) is 0 Å². The van der Waals surface area contributed by atoms with Crippen LogP contribution in [0.4, 0.5) is 0 Å². The Bertz CT molecular complexity index is 635. The zero-order chi connectivity index (χ0) is 15.6. The molecule has 1 heterocycles. The summed E-state index contributed by atoms with van der Waals surface area (Å²) in [5.41, 5.74) is 7.73. The molecule has 1 aromatic rings. The quantitative estimate of drug-likeness (QED) is 0.782. The number of aromatic hydroxyl groups is 1. The number of guanidine groups is 1. The van der Waals surface area contributed by atoms with E-state index < -0.39 is 6.04 Å². The van der Waals surface area contributed by atoms with Gasteiger partial charge < -0.3 is 20.9 Å². The van der Waals surface area contributed by atoms with Gasteiger partial charge in [0.2, 0.25) is 0 Å². The fraction of sp³-hybridized carbons (Fsp3) is 0.333. The van der Waals surface area contributed by atoms with Crippen molar-refractivity contribution in [2.24, 2.45) is 10.7 Å². The van der Waals surface area contributed by atoms with Gasteiger partial charge in [-0.2, -0.15) is 0 Å². The number of allylic oxidation sites excluding steroid dienone is 1. The Kier molecular flexibility index (Phi) is 4.16. The van der Waals surface area contributed by atoms with E-state index in [1.165, 1.54) is 13.0 Å². The van der Waals surface area contributed by atoms with E-state index in [0.29, 0.717) is 23.6 Å². The Balaban J connectivity index is 2.50. The maximum atomic E-state index is 11.9. The van der Waals surface area contributed by atoms with E-state index in [9.17, 15) is 9.90 Å². The molecule has 0 saturated carbocycles. The van der Waals surface area contributed by atoms with Gasteiger partial charge in [0.15, 0.2) is 23.2 Å². The van der Waals surface area contributed by atoms with Crippen molar-refractivity contribution in [3.05, 3.63) is 35.0 Å². The average Bonchev–Trinajstić information content (AvgIpc) is 2.40. The van der Waals surface area contributed by atoms with Crippen LogP contribution in [0.15, 0.2) is 34.5 Å². The van der Waals surface area contributed by atoms with Crippen molar-refractivity contribution in [1.29, 1.82) is 0 Å². The van der Waals surface area contributed by atoms with Gasteiger partial charge >= 0.3 is 0 Å². The summed E-state index contributed by atoms with van der Waals surface area (Å²) in [4.78, 5) is 16.2. The smallest absolute Gasteiger partial charge is 0.193 e. The first kappa shape index (κ1) is 14.9. The van der Waals surface area contributed by atoms with Crippen LogP contribution in [0.2, 0.25) is 0 Å². The summed E-state index contributed by atoms with van der Waals surface area (Å²) in [5, 5.41) is 12.6. The van der Waals surface area contributed by atoms with Crippen LogP contribution in [0.25, 0.3) is 0 Å². The molecule has 1 atom stereocenters. The number of phenolic OH excluding ortho intramolecular Hbond substituents is 1. The predicted octanol–water partition coefficient (Wildman–Crippen LogP) is 1.61. The molecule has 0 spiro atoms. The van der Waals surface area contributed by atoms with E-state index in [1.807, 2.05) is 6.92 Å². The standard InChI is InChI=1S/C15H19N3O3/c1-4-21-12-7-10(5-6-11(12)20)14-13(9(3)19)8(2)17-15(16)18-14/h5-7,14,20H,4H2,1-3H3,(H3,16,17,18)/t14-/m1/s1. The van der Waals surface area contributed by atoms with E-state index in [0.717, 1.165) is 5.56 Å². The van der Waals surface area contributed by atoms with Crippen molar-refractivity contribution in [1.82, 2.24) is 5.32 Å². The number of nitrogens with one attached hydrogen (secondary N) is 1. The molecule has 0 saturated heterocycles. The van der Waals surface area contributed by atoms with Crippen LogP contribution in [-0.4, -0.2) is 23.5 Å². The van der Waals surface area contributed by atoms with Gasteiger partial charge in [-0.1, -0.05) is 6.07 Å². The largest absolute Gasteiger partial charge is 0.504 e. The van der Waals surface area contributed by atoms with Crippen molar-refractivity contribution in [2.45, 2.75) is 26.8 Å². The fourth-order valence-corrected chi connectivity index (χ4v) is 2.37. The van der Waals surface area contributed by atoms with Crippen LogP contribution in [0.5, 0.6) is 11.5 Å². The minimum absolute atomic E-state index is 0.0524. The highest BCUT2D eigenvalue weighted by atomic mass is 16.5. The van der Waals surface area contributed by atoms with E-state index in [-0.39, 0.29) is 17.5 Å². The third-order valence-electron chi connectivity index (χ3n) is 3.24. The van der Waals surface area contributed by atoms with Crippen molar-refractivity contribution in [3.8, 4) is 11.5 Å². The summed E-state index contributed by atoms with van der Waals surface area (Å²) in [6.07, 6.45) is 0. The molecule has 21 heavy (non-hydrogen) atoms. The first-order chi connectivity index (χ1) is 9.93. The van der Waals surface area contributed by atoms with E-state index in [2.05, 4.69) is 10.3 Å². The van der Waals surface area contributed by atoms with Crippen LogP contribution < -0.4 is 15.8 Å². The molecule has 6 nitrogen and oxygen atoms in total. The van der Waals surface area contributed by atoms with E-state index in [1.54, 1.807) is 19.1 Å². The van der Waals surface area contributed by atoms with Crippen LogP contribution >= 0.6 is 0 Å². The Labute approximate surface area is 123 Å². The van der Waals surface area contributed by atoms with Gasteiger partial charge in [-0.05, 0) is 38.5 Å². The van der Waals surface area contributed by atoms with Gasteiger partial charge in [-0.3, -0.25) is 4.79 Å². The molecule has 4 N–H and O–H groups in total. The normalized spacial score (nSPS) is 18.0. The maximum Gasteiger partial charge on any atom is 0.193 e. The molecule has 0 fully saturated rings. The Hall–Kier alpha value is -2.50. The number of aliphatic imine (C=N–C) groups is 1. The molecule has 1 aromatic carbocycles. The fourth-order valence-electron chi connectivity index (χ4n) is 2.37. The molecule has 1 aliphatic heterocycles. The first-order valence-corrected chi connectivity index (χ1v) is 6.71. The topological polar surface area (TPSA) is 96.9 Å². The molecule has 0 bridgehead atoms. The van der Waals surface area contributed by atoms with Crippen molar-refractivity contribution >= 4 is 11.7 Å². The lowest BCUT2D eigenvalue weighted by atomic mass is 9.93. The molecule has 0 aliphatic carbocycles. The zero-order valence-corrected chi connectivity index (χ0v) is 12.3. The number of ketones is 1. The highest BCUT2D eigenvalue weighted by Crippen LogP contribution is 2.35. The summed E-state index contributed by atoms with van der Waals surface area (Å²) in [7, 11) is 0. The number of hydrogen-bond donors (Lipinski definition) is 3. The van der Waals surface area contributed by atoms with Crippen LogP contribution in [-0.2, 0) is 4.79 Å². The second-order valence-electron chi connectivity index (χ2n) is 4.80. The maximum absolute atomic E-state index is 11.9. The van der Waals surface area contributed by atoms with E-state index in [4.69, 9.17) is 10.5 Å². The number of ether oxygens (including phenoxy) is 1. The average molecular weight is 289 g/mol. The number of nitrogens with zero attached hydrogens (tertiary/aromatic N) is 1. The highest BCUT2D eigenvalue weighted by molar-refractivity contribution is 5.98. The summed E-state index contributed by atoms with van der Waals surface area (Å²) in [6, 6.07) is 4.42. The molecule has 0 amide bonds. The van der Waals surface area contributed by atoms with Crippen LogP contribution in [0.1, 0.15) is 32.4 Å². The summed E-state index contributed by atoms with van der Waals surface area (Å²) >= 11 is 0. The molecule has 1 aliphatic rings. The van der Waals surface area contributed by atoms with Crippen LogP contribution in [0.3, 0.4) is 0 Å². The zero-order valence-electron chi connectivity index (χ0n) is 12.3. The first-order valence-electron chi connectivity index (χ1n) is 6.71. The van der Waals surface area contributed by atoms with Gasteiger partial charge in [0.05, 0.1) is 6.61 Å². The number of rotatable bonds is 4. The minimum Gasteiger partial charge on any atom is -0.504 e. The van der Waals surface area contributed by atoms with Crippen molar-refractivity contribution < 1.29 is 14.6 Å². The number of phenols is 1. The molecular weight excluding hydrogens is 270 g/mol. The number of nitrogens with two attached hydrogens (primary N) is 1. The summed E-state index contributed by atoms with van der Waals surface area (Å²) < 4.78 is 5.37. The Morgan fingerprint density at radius 3 is 2.86 bits per heavy atom. The third kappa shape index (κ3) is 2.99. The van der Waals surface area contributed by atoms with Gasteiger partial charge in [-0.25, -0.2) is 4.99 Å². The van der Waals surface area contributed by atoms with Gasteiger partial charge in [0, 0.05) is 11.3 Å². The molecular formula is C15H19N3O3. The summed E-state index contributed by atoms with van der Waals surface area (Å²) in [5.74, 6) is 0.597. The lowest BCUT2D eigenvalue weighted by Gasteiger charge is -2.24. The van der Waals surface area contributed by atoms with Crippen molar-refractivity contribution in [2.75, 3.05) is 6.61 Å². The van der Waals surface area contributed by atoms with Gasteiger partial charge in [-0.15, -0.1) is 0 Å². The molecule has 0 unspecified atom stereocenters. The Morgan fingerprint density at radius 1 is 1.52 bits per heavy atom. The molecule has 0 radical (unpaired) electrons. The number of carbonyl (C=O) groups is 1. The van der Waals surface area contributed by atoms with E-state index >= 15 is 0 Å². The lowest BCUT2D eigenvalue weighted by molar-refractivity contribution is -0.114. The van der Waals surface area contributed by atoms with Gasteiger partial charge in [0.1, 0.15) is 6.04 Å². The highest BCUT2D eigenvalue weighted by Gasteiger charge is 2.27. The Morgan fingerprint density at radius 2 is 2.24 bits per heavy atom. The second kappa shape index (κ2) is 5.87. The minimum atomic E-state index is -0.497. The monoisotopic (exact) mass is 289 g/mol. The molecule has 6 heteroatoms. The lowest BCUT2D eigenvalue weighted by Crippen LogP contribution is -2.36. The number of benzene rings is 1. The SMILES string of the molecule is CCOc1cc([C@H]2N=C(N)NC(C)=C2C(C)=O)ccc1O. The number of carbonyl (C=O) groups excluding carboxylic acids is 1. The number of Topliss-reactive ketones (excluding diaryl/α,β-unsaturated/α-hetero) is 1. The predicted molar refractivity (Wildman–Crippen MR) is 80.2 cm³/mol. The number of hydrogen-bond acceptors (Lipinski definition) is 6.